The van der Waals surface area contributed by atoms with E-state index in [9.17, 15) is 13.2 Å². The third kappa shape index (κ3) is 5.07. The van der Waals surface area contributed by atoms with E-state index in [0.29, 0.717) is 27.0 Å². The van der Waals surface area contributed by atoms with Gasteiger partial charge in [0.25, 0.3) is 0 Å². The molecule has 3 aromatic rings. The standard InChI is InChI=1S/C19H19ClN4O4S2/c1-12-15(20)5-4-6-16(12)24(30(3,26)27)11-17(25)21-19-23-22-18(29-19)13-7-9-14(28-2)10-8-13/h4-10H,11H2,1-3H3,(H,21,23,25). The fourth-order valence-corrected chi connectivity index (χ4v) is 4.50. The van der Waals surface area contributed by atoms with Crippen LogP contribution in [0.2, 0.25) is 5.02 Å². The van der Waals surface area contributed by atoms with Gasteiger partial charge in [0.05, 0.1) is 19.1 Å². The van der Waals surface area contributed by atoms with Gasteiger partial charge in [-0.3, -0.25) is 14.4 Å². The summed E-state index contributed by atoms with van der Waals surface area (Å²) in [7, 11) is -2.14. The summed E-state index contributed by atoms with van der Waals surface area (Å²) in [5.74, 6) is 0.172. The number of nitrogens with zero attached hydrogens (tertiary/aromatic N) is 3. The number of sulfonamides is 1. The molecule has 30 heavy (non-hydrogen) atoms. The highest BCUT2D eigenvalue weighted by Crippen LogP contribution is 2.29. The van der Waals surface area contributed by atoms with Gasteiger partial charge in [-0.15, -0.1) is 10.2 Å². The summed E-state index contributed by atoms with van der Waals surface area (Å²) < 4.78 is 30.7. The molecule has 1 N–H and O–H groups in total. The first-order valence-electron chi connectivity index (χ1n) is 8.69. The van der Waals surface area contributed by atoms with Crippen LogP contribution in [-0.2, 0) is 14.8 Å². The Morgan fingerprint density at radius 1 is 1.20 bits per heavy atom. The summed E-state index contributed by atoms with van der Waals surface area (Å²) in [6.45, 7) is 1.27. The van der Waals surface area contributed by atoms with Crippen molar-refractivity contribution in [2.45, 2.75) is 6.92 Å². The monoisotopic (exact) mass is 466 g/mol. The number of halogens is 1. The number of nitrogens with one attached hydrogen (secondary N) is 1. The Bertz CT molecular complexity index is 1160. The Morgan fingerprint density at radius 2 is 1.90 bits per heavy atom. The van der Waals surface area contributed by atoms with Crippen molar-refractivity contribution in [2.75, 3.05) is 29.5 Å². The molecule has 0 atom stereocenters. The fraction of sp³-hybridized carbons (Fsp3) is 0.211. The molecule has 0 aliphatic rings. The quantitative estimate of drug-likeness (QED) is 0.571. The molecular formula is C19H19ClN4O4S2. The van der Waals surface area contributed by atoms with Crippen LogP contribution < -0.4 is 14.4 Å². The number of carbonyl (C=O) groups is 1. The number of amides is 1. The van der Waals surface area contributed by atoms with E-state index < -0.39 is 22.5 Å². The van der Waals surface area contributed by atoms with Crippen LogP contribution in [0.1, 0.15) is 5.56 Å². The lowest BCUT2D eigenvalue weighted by molar-refractivity contribution is -0.114. The lowest BCUT2D eigenvalue weighted by Crippen LogP contribution is -2.37. The molecule has 3 rings (SSSR count). The van der Waals surface area contributed by atoms with Gasteiger partial charge in [0.1, 0.15) is 17.3 Å². The maximum Gasteiger partial charge on any atom is 0.246 e. The number of benzene rings is 2. The molecule has 0 aliphatic carbocycles. The van der Waals surface area contributed by atoms with Crippen LogP contribution in [0.4, 0.5) is 10.8 Å². The molecule has 0 fully saturated rings. The minimum atomic E-state index is -3.72. The van der Waals surface area contributed by atoms with Gasteiger partial charge in [-0.25, -0.2) is 8.42 Å². The van der Waals surface area contributed by atoms with Gasteiger partial charge < -0.3 is 4.74 Å². The molecule has 0 spiro atoms. The van der Waals surface area contributed by atoms with E-state index in [1.54, 1.807) is 44.4 Å². The zero-order chi connectivity index (χ0) is 21.9. The van der Waals surface area contributed by atoms with Gasteiger partial charge in [0.2, 0.25) is 21.1 Å². The van der Waals surface area contributed by atoms with Crippen molar-refractivity contribution in [1.82, 2.24) is 10.2 Å². The lowest BCUT2D eigenvalue weighted by atomic mass is 10.2. The molecule has 0 bridgehead atoms. The molecule has 0 saturated heterocycles. The molecule has 8 nitrogen and oxygen atoms in total. The van der Waals surface area contributed by atoms with Crippen molar-refractivity contribution >= 4 is 49.7 Å². The van der Waals surface area contributed by atoms with E-state index in [1.807, 2.05) is 12.1 Å². The largest absolute Gasteiger partial charge is 0.497 e. The first kappa shape index (κ1) is 22.0. The average molecular weight is 467 g/mol. The molecule has 0 radical (unpaired) electrons. The summed E-state index contributed by atoms with van der Waals surface area (Å²) in [6.07, 6.45) is 1.04. The molecule has 0 unspecified atom stereocenters. The minimum absolute atomic E-state index is 0.266. The van der Waals surface area contributed by atoms with E-state index in [1.165, 1.54) is 11.3 Å². The van der Waals surface area contributed by atoms with E-state index in [2.05, 4.69) is 15.5 Å². The number of carbonyl (C=O) groups excluding carboxylic acids is 1. The Labute approximate surface area is 183 Å². The average Bonchev–Trinajstić information content (AvgIpc) is 3.16. The zero-order valence-electron chi connectivity index (χ0n) is 16.4. The van der Waals surface area contributed by atoms with Gasteiger partial charge in [-0.1, -0.05) is 29.0 Å². The Kier molecular flexibility index (Phi) is 6.59. The second-order valence-corrected chi connectivity index (χ2v) is 9.63. The summed E-state index contributed by atoms with van der Waals surface area (Å²) in [4.78, 5) is 12.5. The second-order valence-electron chi connectivity index (χ2n) is 6.34. The second kappa shape index (κ2) is 8.99. The summed E-state index contributed by atoms with van der Waals surface area (Å²) in [5.41, 5.74) is 1.73. The first-order chi connectivity index (χ1) is 14.2. The number of rotatable bonds is 7. The van der Waals surface area contributed by atoms with Gasteiger partial charge in [0, 0.05) is 10.6 Å². The highest BCUT2D eigenvalue weighted by Gasteiger charge is 2.23. The van der Waals surface area contributed by atoms with Gasteiger partial charge in [-0.2, -0.15) is 0 Å². The van der Waals surface area contributed by atoms with Crippen molar-refractivity contribution in [3.8, 4) is 16.3 Å². The number of methoxy groups -OCH3 is 1. The first-order valence-corrected chi connectivity index (χ1v) is 11.7. The molecule has 1 amide bonds. The van der Waals surface area contributed by atoms with Gasteiger partial charge in [0.15, 0.2) is 0 Å². The van der Waals surface area contributed by atoms with Crippen LogP contribution in [-0.4, -0.2) is 44.4 Å². The molecule has 158 valence electrons. The Hall–Kier alpha value is -2.69. The maximum absolute atomic E-state index is 12.5. The number of hydrogen-bond acceptors (Lipinski definition) is 7. The third-order valence-electron chi connectivity index (χ3n) is 4.20. The third-order valence-corrected chi connectivity index (χ3v) is 6.63. The predicted molar refractivity (Wildman–Crippen MR) is 119 cm³/mol. The van der Waals surface area contributed by atoms with Crippen LogP contribution in [0.25, 0.3) is 10.6 Å². The maximum atomic E-state index is 12.5. The molecule has 11 heteroatoms. The number of hydrogen-bond donors (Lipinski definition) is 1. The summed E-state index contributed by atoms with van der Waals surface area (Å²) in [5, 5.41) is 11.9. The highest BCUT2D eigenvalue weighted by molar-refractivity contribution is 7.92. The van der Waals surface area contributed by atoms with Crippen molar-refractivity contribution in [2.24, 2.45) is 0 Å². The Morgan fingerprint density at radius 3 is 2.53 bits per heavy atom. The number of ether oxygens (including phenoxy) is 1. The molecule has 1 heterocycles. The predicted octanol–water partition coefficient (Wildman–Crippen LogP) is 3.58. The molecule has 1 aromatic heterocycles. The fourth-order valence-electron chi connectivity index (χ4n) is 2.66. The van der Waals surface area contributed by atoms with Crippen molar-refractivity contribution in [1.29, 1.82) is 0 Å². The van der Waals surface area contributed by atoms with Crippen LogP contribution in [0.3, 0.4) is 0 Å². The van der Waals surface area contributed by atoms with E-state index >= 15 is 0 Å². The van der Waals surface area contributed by atoms with Crippen molar-refractivity contribution in [3.63, 3.8) is 0 Å². The van der Waals surface area contributed by atoms with E-state index in [-0.39, 0.29) is 5.13 Å². The van der Waals surface area contributed by atoms with Crippen LogP contribution in [0.5, 0.6) is 5.75 Å². The smallest absolute Gasteiger partial charge is 0.246 e. The number of anilines is 2. The summed E-state index contributed by atoms with van der Waals surface area (Å²) in [6, 6.07) is 12.1. The molecule has 0 aliphatic heterocycles. The van der Waals surface area contributed by atoms with Crippen LogP contribution in [0, 0.1) is 6.92 Å². The normalized spacial score (nSPS) is 11.2. The van der Waals surface area contributed by atoms with Crippen molar-refractivity contribution < 1.29 is 17.9 Å². The van der Waals surface area contributed by atoms with Crippen LogP contribution in [0.15, 0.2) is 42.5 Å². The topological polar surface area (TPSA) is 101 Å². The van der Waals surface area contributed by atoms with E-state index in [4.69, 9.17) is 16.3 Å². The highest BCUT2D eigenvalue weighted by atomic mass is 35.5. The number of aromatic nitrogens is 2. The van der Waals surface area contributed by atoms with Crippen LogP contribution >= 0.6 is 22.9 Å². The SMILES string of the molecule is COc1ccc(-c2nnc(NC(=O)CN(c3cccc(Cl)c3C)S(C)(=O)=O)s2)cc1. The van der Waals surface area contributed by atoms with Gasteiger partial charge >= 0.3 is 0 Å². The molecule has 0 saturated carbocycles. The minimum Gasteiger partial charge on any atom is -0.497 e. The van der Waals surface area contributed by atoms with E-state index in [0.717, 1.165) is 16.1 Å². The Balaban J connectivity index is 1.76. The molecular weight excluding hydrogens is 448 g/mol. The summed E-state index contributed by atoms with van der Waals surface area (Å²) >= 11 is 7.29. The van der Waals surface area contributed by atoms with Gasteiger partial charge in [-0.05, 0) is 48.9 Å². The zero-order valence-corrected chi connectivity index (χ0v) is 18.8. The van der Waals surface area contributed by atoms with Crippen molar-refractivity contribution in [3.05, 3.63) is 53.1 Å². The lowest BCUT2D eigenvalue weighted by Gasteiger charge is -2.23. The molecule has 2 aromatic carbocycles.